The number of halogens is 3. The number of hydrogen-bond donors (Lipinski definition) is 0. The van der Waals surface area contributed by atoms with Crippen molar-refractivity contribution >= 4 is 6.08 Å². The Bertz CT molecular complexity index is 987. The first kappa shape index (κ1) is 24.8. The summed E-state index contributed by atoms with van der Waals surface area (Å²) >= 11 is 0. The van der Waals surface area contributed by atoms with E-state index in [-0.39, 0.29) is 23.8 Å². The standard InChI is InChI=1S/C29H35F3O2/c1-3-34-24-15-12-22(27(30)18-24)9-6-19-4-7-20(8-5-19)25-16-17-26(29(32)28(25)31)21-10-13-23(33-2)14-11-21/h6,9,12,15-21,23H,3-5,7-8,10-11,13-14H2,1-2H3/b9-6+. The minimum Gasteiger partial charge on any atom is -0.494 e. The molecule has 2 nitrogen and oxygen atoms in total. The van der Waals surface area contributed by atoms with Gasteiger partial charge in [0, 0.05) is 18.7 Å². The molecule has 0 saturated heterocycles. The summed E-state index contributed by atoms with van der Waals surface area (Å²) in [6.45, 7) is 2.37. The summed E-state index contributed by atoms with van der Waals surface area (Å²) in [6.07, 6.45) is 10.9. The first-order valence-corrected chi connectivity index (χ1v) is 12.6. The molecule has 0 aromatic heterocycles. The summed E-state index contributed by atoms with van der Waals surface area (Å²) in [5, 5.41) is 0. The van der Waals surface area contributed by atoms with E-state index in [1.54, 1.807) is 19.2 Å². The van der Waals surface area contributed by atoms with E-state index < -0.39 is 11.6 Å². The molecule has 0 bridgehead atoms. The van der Waals surface area contributed by atoms with Crippen molar-refractivity contribution in [1.29, 1.82) is 0 Å². The fraction of sp³-hybridized carbons (Fsp3) is 0.517. The topological polar surface area (TPSA) is 18.5 Å². The van der Waals surface area contributed by atoms with E-state index in [0.717, 1.165) is 51.4 Å². The zero-order chi connectivity index (χ0) is 24.1. The van der Waals surface area contributed by atoms with Gasteiger partial charge in [-0.3, -0.25) is 0 Å². The first-order valence-electron chi connectivity index (χ1n) is 12.6. The molecule has 0 spiro atoms. The maximum atomic E-state index is 15.1. The van der Waals surface area contributed by atoms with Crippen molar-refractivity contribution in [2.75, 3.05) is 13.7 Å². The Labute approximate surface area is 201 Å². The van der Waals surface area contributed by atoms with Crippen LogP contribution in [0.25, 0.3) is 6.08 Å². The molecule has 34 heavy (non-hydrogen) atoms. The highest BCUT2D eigenvalue weighted by molar-refractivity contribution is 5.52. The molecule has 2 saturated carbocycles. The average molecular weight is 473 g/mol. The van der Waals surface area contributed by atoms with Crippen molar-refractivity contribution in [3.63, 3.8) is 0 Å². The van der Waals surface area contributed by atoms with Gasteiger partial charge < -0.3 is 9.47 Å². The maximum absolute atomic E-state index is 15.1. The van der Waals surface area contributed by atoms with Crippen LogP contribution >= 0.6 is 0 Å². The summed E-state index contributed by atoms with van der Waals surface area (Å²) in [5.41, 5.74) is 1.56. The SMILES string of the molecule is CCOc1ccc(/C=C/C2CCC(c3ccc(C4CCC(OC)CC4)c(F)c3F)CC2)c(F)c1. The third-order valence-electron chi connectivity index (χ3n) is 7.63. The number of ether oxygens (including phenoxy) is 2. The first-order chi connectivity index (χ1) is 16.5. The number of rotatable bonds is 7. The fourth-order valence-corrected chi connectivity index (χ4v) is 5.58. The molecule has 0 unspecified atom stereocenters. The predicted octanol–water partition coefficient (Wildman–Crippen LogP) is 8.16. The molecule has 5 heteroatoms. The van der Waals surface area contributed by atoms with Gasteiger partial charge in [-0.2, -0.15) is 0 Å². The Morgan fingerprint density at radius 1 is 0.824 bits per heavy atom. The molecule has 2 aromatic rings. The molecule has 184 valence electrons. The average Bonchev–Trinajstić information content (AvgIpc) is 2.86. The van der Waals surface area contributed by atoms with Crippen LogP contribution in [0.2, 0.25) is 0 Å². The highest BCUT2D eigenvalue weighted by Gasteiger charge is 2.29. The summed E-state index contributed by atoms with van der Waals surface area (Å²) in [5.74, 6) is -0.693. The second-order valence-corrected chi connectivity index (χ2v) is 9.67. The minimum absolute atomic E-state index is 0.0274. The third-order valence-corrected chi connectivity index (χ3v) is 7.63. The molecule has 2 fully saturated rings. The molecule has 0 N–H and O–H groups in total. The Hall–Kier alpha value is -2.27. The molecule has 2 aromatic carbocycles. The van der Waals surface area contributed by atoms with Crippen LogP contribution < -0.4 is 4.74 Å². The van der Waals surface area contributed by atoms with Crippen LogP contribution in [-0.2, 0) is 4.74 Å². The van der Waals surface area contributed by atoms with Gasteiger partial charge >= 0.3 is 0 Å². The van der Waals surface area contributed by atoms with Crippen molar-refractivity contribution in [1.82, 2.24) is 0 Å². The van der Waals surface area contributed by atoms with Gasteiger partial charge in [0.05, 0.1) is 12.7 Å². The van der Waals surface area contributed by atoms with Gasteiger partial charge in [0.2, 0.25) is 0 Å². The number of methoxy groups -OCH3 is 1. The molecule has 4 rings (SSSR count). The summed E-state index contributed by atoms with van der Waals surface area (Å²) in [6, 6.07) is 8.53. The monoisotopic (exact) mass is 472 g/mol. The number of hydrogen-bond acceptors (Lipinski definition) is 2. The summed E-state index contributed by atoms with van der Waals surface area (Å²) in [7, 11) is 1.71. The summed E-state index contributed by atoms with van der Waals surface area (Å²) < 4.78 is 55.1. The second kappa shape index (κ2) is 11.4. The number of allylic oxidation sites excluding steroid dienone is 1. The Morgan fingerprint density at radius 3 is 1.94 bits per heavy atom. The van der Waals surface area contributed by atoms with Crippen molar-refractivity contribution < 1.29 is 22.6 Å². The van der Waals surface area contributed by atoms with Gasteiger partial charge in [0.1, 0.15) is 11.6 Å². The van der Waals surface area contributed by atoms with Gasteiger partial charge in [-0.05, 0) is 99.3 Å². The van der Waals surface area contributed by atoms with Crippen LogP contribution in [0.3, 0.4) is 0 Å². The van der Waals surface area contributed by atoms with Crippen LogP contribution in [0.1, 0.15) is 86.8 Å². The largest absolute Gasteiger partial charge is 0.494 e. The van der Waals surface area contributed by atoms with E-state index in [0.29, 0.717) is 35.0 Å². The van der Waals surface area contributed by atoms with E-state index in [9.17, 15) is 4.39 Å². The molecule has 2 aliphatic rings. The molecule has 2 aliphatic carbocycles. The Balaban J connectivity index is 1.36. The minimum atomic E-state index is -0.665. The zero-order valence-electron chi connectivity index (χ0n) is 20.2. The quantitative estimate of drug-likeness (QED) is 0.405. The van der Waals surface area contributed by atoms with Crippen LogP contribution in [0.5, 0.6) is 5.75 Å². The third kappa shape index (κ3) is 5.68. The fourth-order valence-electron chi connectivity index (χ4n) is 5.58. The van der Waals surface area contributed by atoms with Crippen LogP contribution in [0.15, 0.2) is 36.4 Å². The Kier molecular flexibility index (Phi) is 8.36. The van der Waals surface area contributed by atoms with Crippen molar-refractivity contribution in [3.8, 4) is 5.75 Å². The molecule has 0 amide bonds. The highest BCUT2D eigenvalue weighted by Crippen LogP contribution is 2.41. The predicted molar refractivity (Wildman–Crippen MR) is 130 cm³/mol. The summed E-state index contributed by atoms with van der Waals surface area (Å²) in [4.78, 5) is 0. The van der Waals surface area contributed by atoms with Crippen LogP contribution in [-0.4, -0.2) is 19.8 Å². The van der Waals surface area contributed by atoms with E-state index in [4.69, 9.17) is 9.47 Å². The zero-order valence-corrected chi connectivity index (χ0v) is 20.2. The number of benzene rings is 2. The normalized spacial score (nSPS) is 25.6. The smallest absolute Gasteiger partial charge is 0.162 e. The molecule has 0 radical (unpaired) electrons. The van der Waals surface area contributed by atoms with Gasteiger partial charge in [-0.15, -0.1) is 0 Å². The van der Waals surface area contributed by atoms with E-state index in [1.165, 1.54) is 6.07 Å². The lowest BCUT2D eigenvalue weighted by Gasteiger charge is -2.30. The van der Waals surface area contributed by atoms with E-state index >= 15 is 8.78 Å². The molecular weight excluding hydrogens is 437 g/mol. The van der Waals surface area contributed by atoms with Gasteiger partial charge in [-0.1, -0.05) is 24.3 Å². The van der Waals surface area contributed by atoms with E-state index in [2.05, 4.69) is 0 Å². The Morgan fingerprint density at radius 2 is 1.41 bits per heavy atom. The van der Waals surface area contributed by atoms with Crippen molar-refractivity contribution in [3.05, 3.63) is 70.5 Å². The lowest BCUT2D eigenvalue weighted by molar-refractivity contribution is 0.0655. The van der Waals surface area contributed by atoms with Crippen LogP contribution in [0, 0.1) is 23.4 Å². The molecule has 0 aliphatic heterocycles. The highest BCUT2D eigenvalue weighted by atomic mass is 19.2. The maximum Gasteiger partial charge on any atom is 0.162 e. The van der Waals surface area contributed by atoms with E-state index in [1.807, 2.05) is 31.2 Å². The van der Waals surface area contributed by atoms with Crippen molar-refractivity contribution in [2.24, 2.45) is 5.92 Å². The second-order valence-electron chi connectivity index (χ2n) is 9.67. The van der Waals surface area contributed by atoms with Gasteiger partial charge in [0.15, 0.2) is 11.6 Å². The van der Waals surface area contributed by atoms with Gasteiger partial charge in [0.25, 0.3) is 0 Å². The molecular formula is C29H35F3O2. The lowest BCUT2D eigenvalue weighted by atomic mass is 9.77. The van der Waals surface area contributed by atoms with Gasteiger partial charge in [-0.25, -0.2) is 13.2 Å². The van der Waals surface area contributed by atoms with Crippen LogP contribution in [0.4, 0.5) is 13.2 Å². The molecule has 0 heterocycles. The lowest BCUT2D eigenvalue weighted by Crippen LogP contribution is -2.20. The van der Waals surface area contributed by atoms with Crippen molar-refractivity contribution in [2.45, 2.75) is 76.2 Å². The molecule has 0 atom stereocenters.